The van der Waals surface area contributed by atoms with Crippen LogP contribution in [0.1, 0.15) is 24.3 Å². The second-order valence-electron chi connectivity index (χ2n) is 6.52. The van der Waals surface area contributed by atoms with Crippen LogP contribution in [0.15, 0.2) is 47.4 Å². The zero-order chi connectivity index (χ0) is 18.1. The number of hydrogen-bond acceptors (Lipinski definition) is 2. The normalized spacial score (nSPS) is 11.2. The van der Waals surface area contributed by atoms with Gasteiger partial charge in [-0.2, -0.15) is 0 Å². The molecule has 0 saturated heterocycles. The molecule has 0 atom stereocenters. The first-order chi connectivity index (χ1) is 11.9. The standard InChI is InChI=1S/C19H20ClN3O2/c1-12(2)11-23-8-7-16-15(19(23)25)10-17(22(16)3)18(24)21-14-6-4-5-13(20)9-14/h4-10,12H,11H2,1-3H3,(H,21,24). The fourth-order valence-electron chi connectivity index (χ4n) is 2.89. The highest BCUT2D eigenvalue weighted by atomic mass is 35.5. The molecule has 0 unspecified atom stereocenters. The van der Waals surface area contributed by atoms with Gasteiger partial charge in [0, 0.05) is 30.5 Å². The Kier molecular flexibility index (Phi) is 4.68. The van der Waals surface area contributed by atoms with E-state index in [2.05, 4.69) is 19.2 Å². The average molecular weight is 358 g/mol. The van der Waals surface area contributed by atoms with Gasteiger partial charge in [0.05, 0.1) is 10.9 Å². The highest BCUT2D eigenvalue weighted by molar-refractivity contribution is 6.31. The van der Waals surface area contributed by atoms with E-state index in [1.165, 1.54) is 0 Å². The third-order valence-corrected chi connectivity index (χ3v) is 4.30. The van der Waals surface area contributed by atoms with Crippen LogP contribution in [0.3, 0.4) is 0 Å². The lowest BCUT2D eigenvalue weighted by Crippen LogP contribution is -2.21. The Hall–Kier alpha value is -2.53. The molecule has 0 saturated carbocycles. The molecular formula is C19H20ClN3O2. The lowest BCUT2D eigenvalue weighted by molar-refractivity contribution is 0.102. The fourth-order valence-corrected chi connectivity index (χ4v) is 3.08. The van der Waals surface area contributed by atoms with Crippen molar-refractivity contribution < 1.29 is 4.79 Å². The fraction of sp³-hybridized carbons (Fsp3) is 0.263. The number of nitrogens with one attached hydrogen (secondary N) is 1. The zero-order valence-electron chi connectivity index (χ0n) is 14.4. The van der Waals surface area contributed by atoms with Gasteiger partial charge in [-0.1, -0.05) is 31.5 Å². The number of pyridine rings is 1. The Labute approximate surface area is 150 Å². The van der Waals surface area contributed by atoms with Crippen LogP contribution in [-0.2, 0) is 13.6 Å². The summed E-state index contributed by atoms with van der Waals surface area (Å²) >= 11 is 5.95. The van der Waals surface area contributed by atoms with Crippen molar-refractivity contribution in [1.82, 2.24) is 9.13 Å². The highest BCUT2D eigenvalue weighted by Gasteiger charge is 2.16. The van der Waals surface area contributed by atoms with E-state index in [9.17, 15) is 9.59 Å². The summed E-state index contributed by atoms with van der Waals surface area (Å²) in [4.78, 5) is 25.3. The summed E-state index contributed by atoms with van der Waals surface area (Å²) in [6.07, 6.45) is 1.78. The second kappa shape index (κ2) is 6.76. The minimum atomic E-state index is -0.282. The largest absolute Gasteiger partial charge is 0.339 e. The molecule has 1 N–H and O–H groups in total. The van der Waals surface area contributed by atoms with E-state index < -0.39 is 0 Å². The van der Waals surface area contributed by atoms with E-state index in [-0.39, 0.29) is 11.5 Å². The van der Waals surface area contributed by atoms with Crippen molar-refractivity contribution >= 4 is 34.1 Å². The number of aromatic nitrogens is 2. The molecule has 3 aromatic rings. The molecule has 0 bridgehead atoms. The molecule has 5 nitrogen and oxygen atoms in total. The maximum Gasteiger partial charge on any atom is 0.272 e. The number of nitrogens with zero attached hydrogens (tertiary/aromatic N) is 2. The Morgan fingerprint density at radius 2 is 2.00 bits per heavy atom. The summed E-state index contributed by atoms with van der Waals surface area (Å²) in [5, 5.41) is 3.91. The summed E-state index contributed by atoms with van der Waals surface area (Å²) in [5.74, 6) is 0.0836. The SMILES string of the molecule is CC(C)Cn1ccc2c(cc(C(=O)Nc3cccc(Cl)c3)n2C)c1=O. The number of hydrogen-bond donors (Lipinski definition) is 1. The minimum absolute atomic E-state index is 0.0800. The Morgan fingerprint density at radius 3 is 2.68 bits per heavy atom. The first-order valence-electron chi connectivity index (χ1n) is 8.12. The van der Waals surface area contributed by atoms with Crippen molar-refractivity contribution in [2.24, 2.45) is 13.0 Å². The van der Waals surface area contributed by atoms with Crippen LogP contribution in [0.2, 0.25) is 5.02 Å². The number of anilines is 1. The molecule has 3 rings (SSSR count). The van der Waals surface area contributed by atoms with E-state index in [1.807, 2.05) is 6.07 Å². The Bertz CT molecular complexity index is 1000. The van der Waals surface area contributed by atoms with Crippen LogP contribution >= 0.6 is 11.6 Å². The number of halogens is 1. The summed E-state index contributed by atoms with van der Waals surface area (Å²) in [6, 6.07) is 10.5. The summed E-state index contributed by atoms with van der Waals surface area (Å²) in [5.41, 5.74) is 1.69. The quantitative estimate of drug-likeness (QED) is 0.769. The molecule has 2 aromatic heterocycles. The predicted molar refractivity (Wildman–Crippen MR) is 101 cm³/mol. The van der Waals surface area contributed by atoms with Crippen molar-refractivity contribution in [3.05, 3.63) is 63.7 Å². The van der Waals surface area contributed by atoms with E-state index in [0.717, 1.165) is 5.52 Å². The molecule has 2 heterocycles. The first-order valence-corrected chi connectivity index (χ1v) is 8.50. The van der Waals surface area contributed by atoms with E-state index in [4.69, 9.17) is 11.6 Å². The minimum Gasteiger partial charge on any atom is -0.339 e. The van der Waals surface area contributed by atoms with Gasteiger partial charge in [0.2, 0.25) is 0 Å². The molecule has 0 aliphatic heterocycles. The van der Waals surface area contributed by atoms with Crippen molar-refractivity contribution in [2.75, 3.05) is 5.32 Å². The summed E-state index contributed by atoms with van der Waals surface area (Å²) in [6.45, 7) is 4.77. The van der Waals surface area contributed by atoms with Crippen molar-refractivity contribution in [1.29, 1.82) is 0 Å². The molecule has 6 heteroatoms. The molecule has 0 aliphatic carbocycles. The number of fused-ring (bicyclic) bond motifs is 1. The molecule has 0 spiro atoms. The van der Waals surface area contributed by atoms with Gasteiger partial charge in [-0.05, 0) is 36.2 Å². The summed E-state index contributed by atoms with van der Waals surface area (Å²) < 4.78 is 3.42. The number of carbonyl (C=O) groups is 1. The van der Waals surface area contributed by atoms with Gasteiger partial charge in [0.25, 0.3) is 11.5 Å². The van der Waals surface area contributed by atoms with Crippen LogP contribution < -0.4 is 10.9 Å². The molecule has 0 radical (unpaired) electrons. The topological polar surface area (TPSA) is 56.0 Å². The average Bonchev–Trinajstić information content (AvgIpc) is 2.88. The van der Waals surface area contributed by atoms with Crippen molar-refractivity contribution in [3.63, 3.8) is 0 Å². The van der Waals surface area contributed by atoms with Gasteiger partial charge in [-0.15, -0.1) is 0 Å². The number of amides is 1. The number of rotatable bonds is 4. The van der Waals surface area contributed by atoms with Gasteiger partial charge < -0.3 is 14.5 Å². The second-order valence-corrected chi connectivity index (χ2v) is 6.96. The van der Waals surface area contributed by atoms with Gasteiger partial charge in [0.1, 0.15) is 5.69 Å². The molecule has 0 fully saturated rings. The lowest BCUT2D eigenvalue weighted by Gasteiger charge is -2.09. The third-order valence-electron chi connectivity index (χ3n) is 4.06. The predicted octanol–water partition coefficient (Wildman–Crippen LogP) is 3.90. The smallest absolute Gasteiger partial charge is 0.272 e. The number of benzene rings is 1. The van der Waals surface area contributed by atoms with Crippen LogP contribution in [0.5, 0.6) is 0 Å². The van der Waals surface area contributed by atoms with Crippen LogP contribution in [-0.4, -0.2) is 15.0 Å². The third kappa shape index (κ3) is 3.46. The van der Waals surface area contributed by atoms with Crippen LogP contribution in [0.4, 0.5) is 5.69 Å². The Balaban J connectivity index is 1.99. The van der Waals surface area contributed by atoms with E-state index in [0.29, 0.717) is 34.3 Å². The Morgan fingerprint density at radius 1 is 1.24 bits per heavy atom. The highest BCUT2D eigenvalue weighted by Crippen LogP contribution is 2.19. The molecule has 1 aromatic carbocycles. The maximum atomic E-state index is 12.7. The molecular weight excluding hydrogens is 338 g/mol. The molecule has 0 aliphatic rings. The van der Waals surface area contributed by atoms with Crippen LogP contribution in [0, 0.1) is 5.92 Å². The molecule has 130 valence electrons. The monoisotopic (exact) mass is 357 g/mol. The number of aryl methyl sites for hydroxylation is 1. The van der Waals surface area contributed by atoms with E-state index >= 15 is 0 Å². The molecule has 25 heavy (non-hydrogen) atoms. The van der Waals surface area contributed by atoms with Gasteiger partial charge in [-0.25, -0.2) is 0 Å². The number of carbonyl (C=O) groups excluding carboxylic acids is 1. The van der Waals surface area contributed by atoms with Crippen molar-refractivity contribution in [2.45, 2.75) is 20.4 Å². The summed E-state index contributed by atoms with van der Waals surface area (Å²) in [7, 11) is 1.78. The first kappa shape index (κ1) is 17.3. The zero-order valence-corrected chi connectivity index (χ0v) is 15.2. The maximum absolute atomic E-state index is 12.7. The lowest BCUT2D eigenvalue weighted by atomic mass is 10.2. The van der Waals surface area contributed by atoms with Gasteiger partial charge in [-0.3, -0.25) is 9.59 Å². The van der Waals surface area contributed by atoms with E-state index in [1.54, 1.807) is 52.7 Å². The molecule has 1 amide bonds. The van der Waals surface area contributed by atoms with Gasteiger partial charge >= 0.3 is 0 Å². The van der Waals surface area contributed by atoms with Gasteiger partial charge in [0.15, 0.2) is 0 Å². The van der Waals surface area contributed by atoms with Crippen molar-refractivity contribution in [3.8, 4) is 0 Å². The van der Waals surface area contributed by atoms with Crippen LogP contribution in [0.25, 0.3) is 10.9 Å².